The molecule has 1 amide bonds. The molecule has 2 saturated heterocycles. The second-order valence-corrected chi connectivity index (χ2v) is 8.23. The Morgan fingerprint density at radius 2 is 1.96 bits per heavy atom. The Balaban J connectivity index is 1.54. The summed E-state index contributed by atoms with van der Waals surface area (Å²) in [5, 5.41) is 0. The predicted molar refractivity (Wildman–Crippen MR) is 86.7 cm³/mol. The largest absolute Gasteiger partial charge is 0.454 e. The van der Waals surface area contributed by atoms with E-state index in [9.17, 15) is 4.79 Å². The van der Waals surface area contributed by atoms with Crippen molar-refractivity contribution in [1.82, 2.24) is 4.90 Å². The molecule has 1 aromatic carbocycles. The van der Waals surface area contributed by atoms with Gasteiger partial charge in [-0.15, -0.1) is 0 Å². The fourth-order valence-corrected chi connectivity index (χ4v) is 5.64. The van der Waals surface area contributed by atoms with Crippen molar-refractivity contribution in [3.63, 3.8) is 0 Å². The standard InChI is InChI=1S/C19H21NO5/c1-19(2)24-14-5-9-3-4-20-16(9)15(17(14)25-19)10-6-12-13(23-8-22-12)7-11(10)18(20)21/h6-7,9,14-17H,3-5,8H2,1-2H3/t9-,14?,15+,16-,17+/m1/s1. The molecule has 1 aliphatic carbocycles. The van der Waals surface area contributed by atoms with E-state index in [2.05, 4.69) is 4.90 Å². The number of hydrogen-bond donors (Lipinski definition) is 0. The molecule has 6 heteroatoms. The molecule has 6 nitrogen and oxygen atoms in total. The smallest absolute Gasteiger partial charge is 0.254 e. The van der Waals surface area contributed by atoms with Crippen LogP contribution in [-0.4, -0.2) is 48.2 Å². The van der Waals surface area contributed by atoms with Crippen LogP contribution < -0.4 is 9.47 Å². The fourth-order valence-electron chi connectivity index (χ4n) is 5.64. The molecule has 0 N–H and O–H groups in total. The average molecular weight is 343 g/mol. The minimum absolute atomic E-state index is 0.0240. The van der Waals surface area contributed by atoms with Gasteiger partial charge in [0.25, 0.3) is 5.91 Å². The monoisotopic (exact) mass is 343 g/mol. The van der Waals surface area contributed by atoms with Gasteiger partial charge in [0.05, 0.1) is 12.2 Å². The van der Waals surface area contributed by atoms with Crippen molar-refractivity contribution in [3.05, 3.63) is 23.3 Å². The Morgan fingerprint density at radius 1 is 1.16 bits per heavy atom. The van der Waals surface area contributed by atoms with Gasteiger partial charge < -0.3 is 23.8 Å². The maximum atomic E-state index is 13.1. The number of ether oxygens (including phenoxy) is 4. The van der Waals surface area contributed by atoms with Crippen LogP contribution in [0.2, 0.25) is 0 Å². The number of carbonyl (C=O) groups excluding carboxylic acids is 1. The summed E-state index contributed by atoms with van der Waals surface area (Å²) in [5.74, 6) is 1.55. The van der Waals surface area contributed by atoms with Crippen LogP contribution in [-0.2, 0) is 9.47 Å². The van der Waals surface area contributed by atoms with Crippen molar-refractivity contribution in [2.75, 3.05) is 13.3 Å². The molecule has 5 atom stereocenters. The number of rotatable bonds is 0. The Hall–Kier alpha value is -1.79. The number of carbonyl (C=O) groups is 1. The van der Waals surface area contributed by atoms with Crippen LogP contribution in [0.3, 0.4) is 0 Å². The molecule has 25 heavy (non-hydrogen) atoms. The molecular weight excluding hydrogens is 322 g/mol. The lowest BCUT2D eigenvalue weighted by atomic mass is 9.68. The quantitative estimate of drug-likeness (QED) is 0.723. The van der Waals surface area contributed by atoms with Crippen molar-refractivity contribution < 1.29 is 23.7 Å². The summed E-state index contributed by atoms with van der Waals surface area (Å²) in [4.78, 5) is 15.2. The van der Waals surface area contributed by atoms with Crippen molar-refractivity contribution in [2.45, 2.75) is 56.6 Å². The summed E-state index contributed by atoms with van der Waals surface area (Å²) in [6.07, 6.45) is 2.08. The molecule has 1 saturated carbocycles. The summed E-state index contributed by atoms with van der Waals surface area (Å²) >= 11 is 0. The first-order valence-corrected chi connectivity index (χ1v) is 9.12. The van der Waals surface area contributed by atoms with Crippen molar-refractivity contribution in [2.24, 2.45) is 5.92 Å². The molecular formula is C19H21NO5. The van der Waals surface area contributed by atoms with Gasteiger partial charge in [-0.1, -0.05) is 0 Å². The molecule has 3 fully saturated rings. The summed E-state index contributed by atoms with van der Waals surface area (Å²) < 4.78 is 23.6. The Bertz CT molecular complexity index is 790. The summed E-state index contributed by atoms with van der Waals surface area (Å²) in [6, 6.07) is 4.07. The lowest BCUT2D eigenvalue weighted by molar-refractivity contribution is -0.147. The predicted octanol–water partition coefficient (Wildman–Crippen LogP) is 2.27. The number of hydrogen-bond acceptors (Lipinski definition) is 5. The zero-order valence-corrected chi connectivity index (χ0v) is 14.4. The van der Waals surface area contributed by atoms with E-state index < -0.39 is 5.79 Å². The van der Waals surface area contributed by atoms with Gasteiger partial charge in [0.15, 0.2) is 17.3 Å². The third kappa shape index (κ3) is 1.79. The summed E-state index contributed by atoms with van der Waals surface area (Å²) in [5.41, 5.74) is 1.78. The summed E-state index contributed by atoms with van der Waals surface area (Å²) in [6.45, 7) is 4.99. The van der Waals surface area contributed by atoms with E-state index in [0.717, 1.165) is 36.3 Å². The zero-order chi connectivity index (χ0) is 16.9. The Labute approximate surface area is 146 Å². The molecule has 132 valence electrons. The van der Waals surface area contributed by atoms with Crippen LogP contribution in [0.25, 0.3) is 0 Å². The highest BCUT2D eigenvalue weighted by Gasteiger charge is 2.60. The van der Waals surface area contributed by atoms with Crippen molar-refractivity contribution >= 4 is 5.91 Å². The lowest BCUT2D eigenvalue weighted by Crippen LogP contribution is -2.55. The van der Waals surface area contributed by atoms with Crippen LogP contribution >= 0.6 is 0 Å². The van der Waals surface area contributed by atoms with E-state index in [-0.39, 0.29) is 36.9 Å². The third-order valence-electron chi connectivity index (χ3n) is 6.46. The number of amides is 1. The number of nitrogens with zero attached hydrogens (tertiary/aromatic N) is 1. The minimum atomic E-state index is -0.573. The van der Waals surface area contributed by atoms with Gasteiger partial charge in [-0.25, -0.2) is 0 Å². The van der Waals surface area contributed by atoms with Gasteiger partial charge in [0.1, 0.15) is 0 Å². The van der Waals surface area contributed by atoms with E-state index >= 15 is 0 Å². The van der Waals surface area contributed by atoms with Gasteiger partial charge >= 0.3 is 0 Å². The molecule has 0 bridgehead atoms. The third-order valence-corrected chi connectivity index (χ3v) is 6.46. The number of benzene rings is 1. The van der Waals surface area contributed by atoms with Gasteiger partial charge in [0.2, 0.25) is 6.79 Å². The maximum absolute atomic E-state index is 13.1. The molecule has 0 aromatic heterocycles. The Morgan fingerprint density at radius 3 is 2.80 bits per heavy atom. The molecule has 4 aliphatic heterocycles. The van der Waals surface area contributed by atoms with Crippen LogP contribution in [0.1, 0.15) is 48.5 Å². The highest BCUT2D eigenvalue weighted by Crippen LogP contribution is 2.55. The Kier molecular flexibility index (Phi) is 2.58. The van der Waals surface area contributed by atoms with Crippen molar-refractivity contribution in [1.29, 1.82) is 0 Å². The first-order chi connectivity index (χ1) is 12.0. The lowest BCUT2D eigenvalue weighted by Gasteiger charge is -2.47. The molecule has 4 heterocycles. The normalized spacial score (nSPS) is 39.2. The molecule has 1 unspecified atom stereocenters. The second kappa shape index (κ2) is 4.48. The SMILES string of the molecule is CC1(C)OC2C[C@H]3CCN4C(=O)c5cc6c(cc5[C@@H]([C@@H]34)[C@H]2O1)OCO6. The molecule has 6 rings (SSSR count). The highest BCUT2D eigenvalue weighted by molar-refractivity contribution is 5.98. The van der Waals surface area contributed by atoms with E-state index in [0.29, 0.717) is 11.7 Å². The van der Waals surface area contributed by atoms with Gasteiger partial charge in [-0.3, -0.25) is 4.79 Å². The molecule has 0 spiro atoms. The first-order valence-electron chi connectivity index (χ1n) is 9.12. The van der Waals surface area contributed by atoms with Crippen LogP contribution in [0, 0.1) is 5.92 Å². The minimum Gasteiger partial charge on any atom is -0.454 e. The van der Waals surface area contributed by atoms with E-state index in [1.807, 2.05) is 26.0 Å². The average Bonchev–Trinajstić information content (AvgIpc) is 3.25. The van der Waals surface area contributed by atoms with Gasteiger partial charge in [-0.2, -0.15) is 0 Å². The van der Waals surface area contributed by atoms with Gasteiger partial charge in [0, 0.05) is 24.1 Å². The molecule has 1 aromatic rings. The van der Waals surface area contributed by atoms with Crippen LogP contribution in [0.5, 0.6) is 11.5 Å². The van der Waals surface area contributed by atoms with Crippen molar-refractivity contribution in [3.8, 4) is 11.5 Å². The van der Waals surface area contributed by atoms with Crippen LogP contribution in [0.4, 0.5) is 0 Å². The van der Waals surface area contributed by atoms with Gasteiger partial charge in [-0.05, 0) is 50.3 Å². The molecule has 5 aliphatic rings. The van der Waals surface area contributed by atoms with Crippen LogP contribution in [0.15, 0.2) is 12.1 Å². The highest BCUT2D eigenvalue weighted by atomic mass is 16.8. The van der Waals surface area contributed by atoms with E-state index in [4.69, 9.17) is 18.9 Å². The topological polar surface area (TPSA) is 57.2 Å². The maximum Gasteiger partial charge on any atom is 0.254 e. The number of fused-ring (bicyclic) bond motifs is 5. The first kappa shape index (κ1) is 14.4. The zero-order valence-electron chi connectivity index (χ0n) is 14.4. The summed E-state index contributed by atoms with van der Waals surface area (Å²) in [7, 11) is 0. The van der Waals surface area contributed by atoms with E-state index in [1.54, 1.807) is 0 Å². The molecule has 0 radical (unpaired) electrons. The van der Waals surface area contributed by atoms with E-state index in [1.165, 1.54) is 0 Å². The second-order valence-electron chi connectivity index (χ2n) is 8.23. The fraction of sp³-hybridized carbons (Fsp3) is 0.632.